The molecule has 0 fully saturated rings. The van der Waals surface area contributed by atoms with Crippen molar-refractivity contribution in [1.29, 1.82) is 0 Å². The quantitative estimate of drug-likeness (QED) is 0.861. The van der Waals surface area contributed by atoms with Gasteiger partial charge in [0.05, 0.1) is 31.0 Å². The van der Waals surface area contributed by atoms with Crippen molar-refractivity contribution in [3.63, 3.8) is 0 Å². The Bertz CT molecular complexity index is 626. The monoisotopic (exact) mass is 309 g/mol. The smallest absolute Gasteiger partial charge is 0.137 e. The van der Waals surface area contributed by atoms with Gasteiger partial charge in [-0.15, -0.1) is 0 Å². The van der Waals surface area contributed by atoms with Crippen molar-refractivity contribution < 1.29 is 9.84 Å². The summed E-state index contributed by atoms with van der Waals surface area (Å²) >= 11 is 6.12. The van der Waals surface area contributed by atoms with Gasteiger partial charge in [-0.1, -0.05) is 17.7 Å². The van der Waals surface area contributed by atoms with Crippen molar-refractivity contribution in [2.45, 2.75) is 26.9 Å². The lowest BCUT2D eigenvalue weighted by Crippen LogP contribution is -2.11. The largest absolute Gasteiger partial charge is 0.495 e. The van der Waals surface area contributed by atoms with Gasteiger partial charge in [-0.2, -0.15) is 5.10 Å². The van der Waals surface area contributed by atoms with Crippen LogP contribution in [0.3, 0.4) is 0 Å². The highest BCUT2D eigenvalue weighted by molar-refractivity contribution is 6.32. The Morgan fingerprint density at radius 2 is 2.14 bits per heavy atom. The number of halogens is 1. The summed E-state index contributed by atoms with van der Waals surface area (Å²) < 4.78 is 6.93. The van der Waals surface area contributed by atoms with Crippen molar-refractivity contribution in [1.82, 2.24) is 9.78 Å². The lowest BCUT2D eigenvalue weighted by molar-refractivity contribution is 0.270. The Labute approximate surface area is 129 Å². The highest BCUT2D eigenvalue weighted by Gasteiger charge is 2.11. The van der Waals surface area contributed by atoms with Crippen LogP contribution in [-0.4, -0.2) is 28.6 Å². The molecule has 0 radical (unpaired) electrons. The van der Waals surface area contributed by atoms with E-state index in [9.17, 15) is 0 Å². The number of rotatable bonds is 6. The first kappa shape index (κ1) is 15.7. The first-order chi connectivity index (χ1) is 10.1. The number of aliphatic hydroxyl groups is 1. The molecule has 0 aliphatic heterocycles. The summed E-state index contributed by atoms with van der Waals surface area (Å²) in [6, 6.07) is 5.69. The fraction of sp³-hybridized carbons (Fsp3) is 0.400. The molecule has 0 saturated heterocycles. The van der Waals surface area contributed by atoms with Gasteiger partial charge in [0.2, 0.25) is 0 Å². The van der Waals surface area contributed by atoms with Gasteiger partial charge in [0.25, 0.3) is 0 Å². The molecular weight excluding hydrogens is 290 g/mol. The van der Waals surface area contributed by atoms with Gasteiger partial charge in [0.1, 0.15) is 11.6 Å². The number of hydrogen-bond donors (Lipinski definition) is 2. The molecule has 0 saturated carbocycles. The maximum absolute atomic E-state index is 9.10. The molecule has 2 aromatic rings. The van der Waals surface area contributed by atoms with Gasteiger partial charge in [-0.3, -0.25) is 0 Å². The Morgan fingerprint density at radius 3 is 2.76 bits per heavy atom. The van der Waals surface area contributed by atoms with Crippen LogP contribution in [0, 0.1) is 13.8 Å². The number of anilines is 1. The molecule has 5 nitrogen and oxygen atoms in total. The van der Waals surface area contributed by atoms with Gasteiger partial charge < -0.3 is 15.2 Å². The zero-order chi connectivity index (χ0) is 15.4. The van der Waals surface area contributed by atoms with Crippen LogP contribution in [0.2, 0.25) is 5.02 Å². The van der Waals surface area contributed by atoms with Crippen LogP contribution in [-0.2, 0) is 13.1 Å². The molecule has 0 aliphatic carbocycles. The minimum absolute atomic E-state index is 0.0591. The zero-order valence-corrected chi connectivity index (χ0v) is 13.2. The third-order valence-electron chi connectivity index (χ3n) is 3.41. The number of aliphatic hydroxyl groups excluding tert-OH is 1. The second kappa shape index (κ2) is 6.83. The predicted molar refractivity (Wildman–Crippen MR) is 84.1 cm³/mol. The first-order valence-corrected chi connectivity index (χ1v) is 7.15. The molecule has 6 heteroatoms. The standard InChI is InChI=1S/C15H20ClN3O2/c1-10-11(2)18-19(6-7-20)15(10)17-9-12-4-5-14(21-3)13(16)8-12/h4-5,8,17,20H,6-7,9H2,1-3H3. The molecule has 114 valence electrons. The highest BCUT2D eigenvalue weighted by Crippen LogP contribution is 2.26. The number of methoxy groups -OCH3 is 1. The molecule has 2 N–H and O–H groups in total. The SMILES string of the molecule is COc1ccc(CNc2c(C)c(C)nn2CCO)cc1Cl. The van der Waals surface area contributed by atoms with Crippen molar-refractivity contribution in [2.75, 3.05) is 19.0 Å². The van der Waals surface area contributed by atoms with Crippen LogP contribution in [0.5, 0.6) is 5.75 Å². The van der Waals surface area contributed by atoms with Gasteiger partial charge in [0.15, 0.2) is 0 Å². The summed E-state index contributed by atoms with van der Waals surface area (Å²) in [5.74, 6) is 1.59. The van der Waals surface area contributed by atoms with Crippen LogP contribution in [0.25, 0.3) is 0 Å². The first-order valence-electron chi connectivity index (χ1n) is 6.78. The number of hydrogen-bond acceptors (Lipinski definition) is 4. The molecule has 0 unspecified atom stereocenters. The number of benzene rings is 1. The molecule has 0 spiro atoms. The molecule has 2 rings (SSSR count). The van der Waals surface area contributed by atoms with Crippen LogP contribution >= 0.6 is 11.6 Å². The van der Waals surface area contributed by atoms with Gasteiger partial charge in [0, 0.05) is 12.1 Å². The van der Waals surface area contributed by atoms with E-state index in [0.717, 1.165) is 22.6 Å². The molecule has 21 heavy (non-hydrogen) atoms. The Hall–Kier alpha value is -1.72. The summed E-state index contributed by atoms with van der Waals surface area (Å²) in [5, 5.41) is 17.5. The molecule has 0 atom stereocenters. The van der Waals surface area contributed by atoms with Crippen molar-refractivity contribution in [3.05, 3.63) is 40.0 Å². The van der Waals surface area contributed by atoms with E-state index in [1.54, 1.807) is 11.8 Å². The Morgan fingerprint density at radius 1 is 1.38 bits per heavy atom. The molecular formula is C15H20ClN3O2. The van der Waals surface area contributed by atoms with E-state index in [-0.39, 0.29) is 6.61 Å². The topological polar surface area (TPSA) is 59.3 Å². The van der Waals surface area contributed by atoms with Crippen LogP contribution in [0.15, 0.2) is 18.2 Å². The number of ether oxygens (including phenoxy) is 1. The number of nitrogens with one attached hydrogen (secondary N) is 1. The maximum Gasteiger partial charge on any atom is 0.137 e. The summed E-state index contributed by atoms with van der Waals surface area (Å²) in [7, 11) is 1.60. The average molecular weight is 310 g/mol. The van der Waals surface area contributed by atoms with E-state index in [0.29, 0.717) is 23.9 Å². The van der Waals surface area contributed by atoms with E-state index in [1.165, 1.54) is 0 Å². The molecule has 1 heterocycles. The van der Waals surface area contributed by atoms with E-state index in [2.05, 4.69) is 10.4 Å². The van der Waals surface area contributed by atoms with Crippen LogP contribution in [0.1, 0.15) is 16.8 Å². The second-order valence-electron chi connectivity index (χ2n) is 4.83. The van der Waals surface area contributed by atoms with E-state index in [4.69, 9.17) is 21.4 Å². The van der Waals surface area contributed by atoms with Gasteiger partial charge >= 0.3 is 0 Å². The van der Waals surface area contributed by atoms with E-state index >= 15 is 0 Å². The predicted octanol–water partition coefficient (Wildman–Crippen LogP) is 2.77. The molecule has 1 aromatic heterocycles. The lowest BCUT2D eigenvalue weighted by Gasteiger charge is -2.11. The lowest BCUT2D eigenvalue weighted by atomic mass is 10.2. The third kappa shape index (κ3) is 3.49. The summed E-state index contributed by atoms with van der Waals surface area (Å²) in [4.78, 5) is 0. The minimum atomic E-state index is 0.0591. The fourth-order valence-electron chi connectivity index (χ4n) is 2.16. The zero-order valence-electron chi connectivity index (χ0n) is 12.5. The van der Waals surface area contributed by atoms with Crippen molar-refractivity contribution in [2.24, 2.45) is 0 Å². The normalized spacial score (nSPS) is 10.7. The summed E-state index contributed by atoms with van der Waals surface area (Å²) in [5.41, 5.74) is 3.09. The van der Waals surface area contributed by atoms with Crippen LogP contribution in [0.4, 0.5) is 5.82 Å². The molecule has 1 aromatic carbocycles. The molecule has 0 aliphatic rings. The van der Waals surface area contributed by atoms with E-state index < -0.39 is 0 Å². The van der Waals surface area contributed by atoms with Gasteiger partial charge in [-0.25, -0.2) is 4.68 Å². The summed E-state index contributed by atoms with van der Waals surface area (Å²) in [6.07, 6.45) is 0. The van der Waals surface area contributed by atoms with E-state index in [1.807, 2.05) is 32.0 Å². The van der Waals surface area contributed by atoms with Crippen LogP contribution < -0.4 is 10.1 Å². The molecule has 0 amide bonds. The Balaban J connectivity index is 2.14. The minimum Gasteiger partial charge on any atom is -0.495 e. The highest BCUT2D eigenvalue weighted by atomic mass is 35.5. The average Bonchev–Trinajstić information content (AvgIpc) is 2.72. The Kier molecular flexibility index (Phi) is 5.09. The molecule has 0 bridgehead atoms. The van der Waals surface area contributed by atoms with Crippen molar-refractivity contribution in [3.8, 4) is 5.75 Å². The number of nitrogens with zero attached hydrogens (tertiary/aromatic N) is 2. The number of aryl methyl sites for hydroxylation is 1. The van der Waals surface area contributed by atoms with Crippen molar-refractivity contribution >= 4 is 17.4 Å². The summed E-state index contributed by atoms with van der Waals surface area (Å²) in [6.45, 7) is 5.13. The number of aromatic nitrogens is 2. The fourth-order valence-corrected chi connectivity index (χ4v) is 2.44. The third-order valence-corrected chi connectivity index (χ3v) is 3.71. The second-order valence-corrected chi connectivity index (χ2v) is 5.24. The van der Waals surface area contributed by atoms with Gasteiger partial charge in [-0.05, 0) is 31.5 Å². The maximum atomic E-state index is 9.10.